The summed E-state index contributed by atoms with van der Waals surface area (Å²) in [6, 6.07) is 9.85. The van der Waals surface area contributed by atoms with Crippen LogP contribution in [0.3, 0.4) is 0 Å². The summed E-state index contributed by atoms with van der Waals surface area (Å²) >= 11 is 0. The van der Waals surface area contributed by atoms with Gasteiger partial charge < -0.3 is 20.6 Å². The predicted octanol–water partition coefficient (Wildman–Crippen LogP) is 0.796. The minimum atomic E-state index is -0.0323. The Balaban J connectivity index is 2.57. The third-order valence-electron chi connectivity index (χ3n) is 3.44. The van der Waals surface area contributed by atoms with E-state index < -0.39 is 0 Å². The van der Waals surface area contributed by atoms with Crippen LogP contribution in [0, 0.1) is 0 Å². The first-order valence-electron chi connectivity index (χ1n) is 7.96. The molecule has 0 aliphatic heterocycles. The molecule has 0 fully saturated rings. The van der Waals surface area contributed by atoms with Crippen LogP contribution in [0.25, 0.3) is 0 Å². The number of hydrogen-bond donors (Lipinski definition) is 3. The number of carbonyl (C=O) groups is 1. The normalized spacial score (nSPS) is 12.6. The van der Waals surface area contributed by atoms with Gasteiger partial charge >= 0.3 is 0 Å². The van der Waals surface area contributed by atoms with Crippen LogP contribution in [0.4, 0.5) is 0 Å². The molecular formula is C17H28N4O2. The van der Waals surface area contributed by atoms with Gasteiger partial charge in [-0.15, -0.1) is 0 Å². The van der Waals surface area contributed by atoms with Gasteiger partial charge in [0.15, 0.2) is 5.96 Å². The predicted molar refractivity (Wildman–Crippen MR) is 93.6 cm³/mol. The maximum Gasteiger partial charge on any atom is 0.223 e. The van der Waals surface area contributed by atoms with E-state index in [4.69, 9.17) is 0 Å². The fraction of sp³-hybridized carbons (Fsp3) is 0.529. The first kappa shape index (κ1) is 19.0. The Labute approximate surface area is 138 Å². The third kappa shape index (κ3) is 7.15. The lowest BCUT2D eigenvalue weighted by Crippen LogP contribution is -2.39. The van der Waals surface area contributed by atoms with Crippen molar-refractivity contribution >= 4 is 11.9 Å². The molecule has 0 spiro atoms. The zero-order valence-electron chi connectivity index (χ0n) is 14.2. The summed E-state index contributed by atoms with van der Waals surface area (Å²) in [5.74, 6) is 0.703. The topological polar surface area (TPSA) is 77.0 Å². The van der Waals surface area contributed by atoms with Crippen LogP contribution >= 0.6 is 0 Å². The minimum absolute atomic E-state index is 0.0323. The Morgan fingerprint density at radius 1 is 1.26 bits per heavy atom. The molecule has 23 heavy (non-hydrogen) atoms. The average molecular weight is 320 g/mol. The van der Waals surface area contributed by atoms with Crippen LogP contribution in [-0.4, -0.2) is 62.2 Å². The lowest BCUT2D eigenvalue weighted by atomic mass is 10.0. The van der Waals surface area contributed by atoms with Gasteiger partial charge in [-0.05, 0) is 12.5 Å². The maximum atomic E-state index is 11.6. The second kappa shape index (κ2) is 10.6. The third-order valence-corrected chi connectivity index (χ3v) is 3.44. The molecule has 0 aliphatic rings. The minimum Gasteiger partial charge on any atom is -0.396 e. The molecule has 0 aliphatic carbocycles. The van der Waals surface area contributed by atoms with Crippen LogP contribution in [0.2, 0.25) is 0 Å². The van der Waals surface area contributed by atoms with Gasteiger partial charge in [0.05, 0.1) is 13.2 Å². The van der Waals surface area contributed by atoms with E-state index in [1.165, 1.54) is 0 Å². The number of benzene rings is 1. The SMILES string of the molecule is CCNC(=NCC(CO)c1ccccc1)NCCC(=O)N(C)C. The Morgan fingerprint density at radius 2 is 1.96 bits per heavy atom. The molecule has 1 aromatic rings. The van der Waals surface area contributed by atoms with Crippen molar-refractivity contribution in [1.82, 2.24) is 15.5 Å². The molecule has 1 atom stereocenters. The number of aliphatic hydroxyl groups is 1. The zero-order chi connectivity index (χ0) is 17.1. The van der Waals surface area contributed by atoms with E-state index in [1.54, 1.807) is 19.0 Å². The molecule has 1 rings (SSSR count). The van der Waals surface area contributed by atoms with E-state index in [-0.39, 0.29) is 18.4 Å². The lowest BCUT2D eigenvalue weighted by Gasteiger charge is -2.16. The van der Waals surface area contributed by atoms with Crippen molar-refractivity contribution in [2.45, 2.75) is 19.3 Å². The van der Waals surface area contributed by atoms with Crippen LogP contribution < -0.4 is 10.6 Å². The first-order valence-corrected chi connectivity index (χ1v) is 7.96. The highest BCUT2D eigenvalue weighted by molar-refractivity contribution is 5.81. The summed E-state index contributed by atoms with van der Waals surface area (Å²) < 4.78 is 0. The lowest BCUT2D eigenvalue weighted by molar-refractivity contribution is -0.128. The first-order chi connectivity index (χ1) is 11.1. The molecule has 6 nitrogen and oxygen atoms in total. The molecule has 6 heteroatoms. The van der Waals surface area contributed by atoms with Crippen molar-refractivity contribution in [2.24, 2.45) is 4.99 Å². The molecule has 0 saturated carbocycles. The molecule has 0 heterocycles. The summed E-state index contributed by atoms with van der Waals surface area (Å²) in [5.41, 5.74) is 1.07. The van der Waals surface area contributed by atoms with Gasteiger partial charge in [-0.3, -0.25) is 9.79 Å². The molecule has 0 aromatic heterocycles. The summed E-state index contributed by atoms with van der Waals surface area (Å²) in [4.78, 5) is 17.7. The van der Waals surface area contributed by atoms with E-state index >= 15 is 0 Å². The summed E-state index contributed by atoms with van der Waals surface area (Å²) in [6.07, 6.45) is 0.416. The van der Waals surface area contributed by atoms with Crippen LogP contribution in [0.15, 0.2) is 35.3 Å². The maximum absolute atomic E-state index is 11.6. The number of nitrogens with zero attached hydrogens (tertiary/aromatic N) is 2. The van der Waals surface area contributed by atoms with E-state index in [0.29, 0.717) is 25.5 Å². The van der Waals surface area contributed by atoms with E-state index in [0.717, 1.165) is 12.1 Å². The van der Waals surface area contributed by atoms with Gasteiger partial charge in [0.1, 0.15) is 0 Å². The summed E-state index contributed by atoms with van der Waals surface area (Å²) in [5, 5.41) is 15.9. The van der Waals surface area contributed by atoms with Gasteiger partial charge in [-0.1, -0.05) is 30.3 Å². The second-order valence-corrected chi connectivity index (χ2v) is 5.47. The number of nitrogens with one attached hydrogen (secondary N) is 2. The second-order valence-electron chi connectivity index (χ2n) is 5.47. The zero-order valence-corrected chi connectivity index (χ0v) is 14.2. The van der Waals surface area contributed by atoms with E-state index in [9.17, 15) is 9.90 Å². The molecule has 0 bridgehead atoms. The quantitative estimate of drug-likeness (QED) is 0.489. The van der Waals surface area contributed by atoms with Crippen molar-refractivity contribution in [1.29, 1.82) is 0 Å². The molecule has 1 amide bonds. The van der Waals surface area contributed by atoms with Gasteiger partial charge in [0.2, 0.25) is 5.91 Å². The Hall–Kier alpha value is -2.08. The van der Waals surface area contributed by atoms with Gasteiger partial charge in [0, 0.05) is 39.5 Å². The molecule has 0 radical (unpaired) electrons. The molecule has 3 N–H and O–H groups in total. The van der Waals surface area contributed by atoms with Crippen molar-refractivity contribution in [3.8, 4) is 0 Å². The number of aliphatic hydroxyl groups excluding tert-OH is 1. The number of amides is 1. The van der Waals surface area contributed by atoms with E-state index in [2.05, 4.69) is 15.6 Å². The average Bonchev–Trinajstić information content (AvgIpc) is 2.56. The molecule has 128 valence electrons. The molecule has 0 saturated heterocycles. The largest absolute Gasteiger partial charge is 0.396 e. The van der Waals surface area contributed by atoms with Gasteiger partial charge in [-0.25, -0.2) is 0 Å². The number of rotatable bonds is 8. The van der Waals surface area contributed by atoms with Crippen molar-refractivity contribution in [3.05, 3.63) is 35.9 Å². The number of hydrogen-bond acceptors (Lipinski definition) is 3. The van der Waals surface area contributed by atoms with Gasteiger partial charge in [-0.2, -0.15) is 0 Å². The molecule has 1 unspecified atom stereocenters. The number of aliphatic imine (C=N–C) groups is 1. The monoisotopic (exact) mass is 320 g/mol. The smallest absolute Gasteiger partial charge is 0.223 e. The molecule has 1 aromatic carbocycles. The van der Waals surface area contributed by atoms with Gasteiger partial charge in [0.25, 0.3) is 0 Å². The highest BCUT2D eigenvalue weighted by Gasteiger charge is 2.10. The highest BCUT2D eigenvalue weighted by Crippen LogP contribution is 2.14. The molecular weight excluding hydrogens is 292 g/mol. The van der Waals surface area contributed by atoms with Crippen molar-refractivity contribution in [3.63, 3.8) is 0 Å². The van der Waals surface area contributed by atoms with Crippen LogP contribution in [0.1, 0.15) is 24.8 Å². The van der Waals surface area contributed by atoms with Crippen molar-refractivity contribution in [2.75, 3.05) is 40.3 Å². The highest BCUT2D eigenvalue weighted by atomic mass is 16.3. The fourth-order valence-electron chi connectivity index (χ4n) is 2.05. The summed E-state index contributed by atoms with van der Waals surface area (Å²) in [7, 11) is 3.49. The van der Waals surface area contributed by atoms with Crippen LogP contribution in [-0.2, 0) is 4.79 Å². The fourth-order valence-corrected chi connectivity index (χ4v) is 2.05. The summed E-state index contributed by atoms with van der Waals surface area (Å²) in [6.45, 7) is 3.78. The number of carbonyl (C=O) groups excluding carboxylic acids is 1. The standard InChI is InChI=1S/C17H28N4O2/c1-4-18-17(19-11-10-16(23)21(2)3)20-12-15(13-22)14-8-6-5-7-9-14/h5-9,15,22H,4,10-13H2,1-3H3,(H2,18,19,20). The van der Waals surface area contributed by atoms with Crippen LogP contribution in [0.5, 0.6) is 0 Å². The van der Waals surface area contributed by atoms with Crippen molar-refractivity contribution < 1.29 is 9.90 Å². The van der Waals surface area contributed by atoms with E-state index in [1.807, 2.05) is 37.3 Å². The Bertz CT molecular complexity index is 489. The Morgan fingerprint density at radius 3 is 2.52 bits per heavy atom. The number of guanidine groups is 1. The Kier molecular flexibility index (Phi) is 8.75.